The van der Waals surface area contributed by atoms with E-state index < -0.39 is 4.92 Å². The van der Waals surface area contributed by atoms with Gasteiger partial charge in [0.15, 0.2) is 5.01 Å². The predicted molar refractivity (Wildman–Crippen MR) is 103 cm³/mol. The molecule has 0 bridgehead atoms. The van der Waals surface area contributed by atoms with Crippen molar-refractivity contribution in [3.63, 3.8) is 0 Å². The molecule has 0 saturated carbocycles. The van der Waals surface area contributed by atoms with Crippen molar-refractivity contribution < 1.29 is 14.8 Å². The zero-order valence-electron chi connectivity index (χ0n) is 13.7. The molecular formula is C17H12N4O4S2. The number of non-ortho nitro benzene ring substituents is 1. The summed E-state index contributed by atoms with van der Waals surface area (Å²) < 4.78 is 0. The quantitative estimate of drug-likeness (QED) is 0.526. The van der Waals surface area contributed by atoms with Crippen molar-refractivity contribution in [3.05, 3.63) is 64.2 Å². The lowest BCUT2D eigenvalue weighted by molar-refractivity contribution is -0.384. The van der Waals surface area contributed by atoms with Crippen molar-refractivity contribution in [1.82, 2.24) is 10.2 Å². The maximum Gasteiger partial charge on any atom is 0.269 e. The number of phenolic OH excluding ortho intramolecular Hbond substituents is 1. The van der Waals surface area contributed by atoms with Crippen LogP contribution >= 0.6 is 23.1 Å². The molecule has 2 aromatic carbocycles. The van der Waals surface area contributed by atoms with E-state index in [9.17, 15) is 20.0 Å². The Bertz CT molecular complexity index is 1020. The second-order valence-corrected chi connectivity index (χ2v) is 7.71. The van der Waals surface area contributed by atoms with Crippen LogP contribution in [0, 0.1) is 10.1 Å². The lowest BCUT2D eigenvalue weighted by Crippen LogP contribution is -2.27. The lowest BCUT2D eigenvalue weighted by Gasteiger charge is -2.20. The van der Waals surface area contributed by atoms with Crippen LogP contribution < -0.4 is 4.90 Å². The number of carbonyl (C=O) groups is 1. The van der Waals surface area contributed by atoms with E-state index in [4.69, 9.17) is 0 Å². The summed E-state index contributed by atoms with van der Waals surface area (Å²) in [6.45, 7) is 0. The molecule has 0 aliphatic carbocycles. The van der Waals surface area contributed by atoms with Gasteiger partial charge >= 0.3 is 0 Å². The van der Waals surface area contributed by atoms with Gasteiger partial charge in [0.05, 0.1) is 16.2 Å². The summed E-state index contributed by atoms with van der Waals surface area (Å²) in [5.41, 5.74) is 1.32. The molecular weight excluding hydrogens is 388 g/mol. The topological polar surface area (TPSA) is 109 Å². The van der Waals surface area contributed by atoms with Crippen molar-refractivity contribution >= 4 is 39.8 Å². The highest BCUT2D eigenvalue weighted by Crippen LogP contribution is 2.44. The summed E-state index contributed by atoms with van der Waals surface area (Å²) in [4.78, 5) is 24.4. The van der Waals surface area contributed by atoms with Crippen LogP contribution in [0.5, 0.6) is 5.75 Å². The first-order valence-electron chi connectivity index (χ1n) is 7.84. The minimum Gasteiger partial charge on any atom is -0.507 e. The van der Waals surface area contributed by atoms with Crippen LogP contribution in [0.15, 0.2) is 48.5 Å². The highest BCUT2D eigenvalue weighted by Gasteiger charge is 2.36. The van der Waals surface area contributed by atoms with Gasteiger partial charge in [-0.05, 0) is 29.8 Å². The van der Waals surface area contributed by atoms with Crippen LogP contribution in [0.4, 0.5) is 10.8 Å². The van der Waals surface area contributed by atoms with E-state index in [2.05, 4.69) is 10.2 Å². The largest absolute Gasteiger partial charge is 0.507 e. The maximum atomic E-state index is 12.4. The van der Waals surface area contributed by atoms with E-state index in [-0.39, 0.29) is 28.5 Å². The summed E-state index contributed by atoms with van der Waals surface area (Å²) >= 11 is 2.63. The van der Waals surface area contributed by atoms with E-state index in [1.807, 2.05) is 0 Å². The average Bonchev–Trinajstić information content (AvgIpc) is 3.28. The number of benzene rings is 2. The number of anilines is 1. The number of para-hydroxylation sites is 1. The second kappa shape index (κ2) is 6.97. The zero-order chi connectivity index (χ0) is 19.0. The minimum absolute atomic E-state index is 0.00243. The van der Waals surface area contributed by atoms with Gasteiger partial charge in [-0.1, -0.05) is 23.5 Å². The molecule has 1 fully saturated rings. The summed E-state index contributed by atoms with van der Waals surface area (Å²) in [6.07, 6.45) is 0. The van der Waals surface area contributed by atoms with E-state index in [0.717, 1.165) is 5.56 Å². The Morgan fingerprint density at radius 1 is 1.15 bits per heavy atom. The van der Waals surface area contributed by atoms with Crippen LogP contribution in [0.25, 0.3) is 10.6 Å². The van der Waals surface area contributed by atoms with Gasteiger partial charge in [0.25, 0.3) is 5.69 Å². The molecule has 1 aromatic heterocycles. The monoisotopic (exact) mass is 400 g/mol. The van der Waals surface area contributed by atoms with Crippen LogP contribution in [0.3, 0.4) is 0 Å². The Morgan fingerprint density at radius 2 is 1.89 bits per heavy atom. The molecule has 136 valence electrons. The van der Waals surface area contributed by atoms with E-state index in [1.54, 1.807) is 41.3 Å². The maximum absolute atomic E-state index is 12.4. The Labute approximate surface area is 161 Å². The van der Waals surface area contributed by atoms with Crippen molar-refractivity contribution in [2.45, 2.75) is 5.37 Å². The van der Waals surface area contributed by atoms with Crippen LogP contribution in [0.1, 0.15) is 10.9 Å². The van der Waals surface area contributed by atoms with Crippen LogP contribution in [0.2, 0.25) is 0 Å². The van der Waals surface area contributed by atoms with E-state index in [1.165, 1.54) is 35.2 Å². The molecule has 1 N–H and O–H groups in total. The van der Waals surface area contributed by atoms with Gasteiger partial charge in [-0.3, -0.25) is 19.8 Å². The summed E-state index contributed by atoms with van der Waals surface area (Å²) in [7, 11) is 0. The normalized spacial score (nSPS) is 16.7. The first-order valence-corrected chi connectivity index (χ1v) is 9.71. The fraction of sp³-hybridized carbons (Fsp3) is 0.118. The third-order valence-electron chi connectivity index (χ3n) is 4.01. The number of nitro groups is 1. The standard InChI is InChI=1S/C17H12N4O4S2/c22-13-4-2-1-3-12(13)15-18-19-17(27-15)20-14(23)9-26-16(20)10-5-7-11(8-6-10)21(24)25/h1-8,16,22H,9H2. The molecule has 1 unspecified atom stereocenters. The molecule has 1 amide bonds. The molecule has 2 heterocycles. The third kappa shape index (κ3) is 3.24. The highest BCUT2D eigenvalue weighted by atomic mass is 32.2. The smallest absolute Gasteiger partial charge is 0.269 e. The Balaban J connectivity index is 1.66. The number of nitro benzene ring substituents is 1. The molecule has 3 aromatic rings. The number of nitrogens with zero attached hydrogens (tertiary/aromatic N) is 4. The molecule has 1 aliphatic rings. The highest BCUT2D eigenvalue weighted by molar-refractivity contribution is 8.00. The van der Waals surface area contributed by atoms with Crippen LogP contribution in [-0.2, 0) is 4.79 Å². The Morgan fingerprint density at radius 3 is 2.59 bits per heavy atom. The van der Waals surface area contributed by atoms with Gasteiger partial charge < -0.3 is 5.11 Å². The average molecular weight is 400 g/mol. The van der Waals surface area contributed by atoms with Crippen molar-refractivity contribution in [2.75, 3.05) is 10.7 Å². The van der Waals surface area contributed by atoms with Gasteiger partial charge in [-0.15, -0.1) is 22.0 Å². The van der Waals surface area contributed by atoms with Gasteiger partial charge in [0.1, 0.15) is 11.1 Å². The SMILES string of the molecule is O=C1CSC(c2ccc([N+](=O)[O-])cc2)N1c1nnc(-c2ccccc2O)s1. The predicted octanol–water partition coefficient (Wildman–Crippen LogP) is 3.60. The number of phenols is 1. The van der Waals surface area contributed by atoms with Crippen LogP contribution in [-0.4, -0.2) is 31.9 Å². The van der Waals surface area contributed by atoms with Gasteiger partial charge in [-0.2, -0.15) is 0 Å². The molecule has 1 atom stereocenters. The Hall–Kier alpha value is -2.98. The summed E-state index contributed by atoms with van der Waals surface area (Å²) in [5, 5.41) is 29.7. The molecule has 27 heavy (non-hydrogen) atoms. The van der Waals surface area contributed by atoms with Gasteiger partial charge in [0, 0.05) is 12.1 Å². The molecule has 10 heteroatoms. The lowest BCUT2D eigenvalue weighted by atomic mass is 10.2. The molecule has 4 rings (SSSR count). The fourth-order valence-corrected chi connectivity index (χ4v) is 4.86. The number of carbonyl (C=O) groups excluding carboxylic acids is 1. The zero-order valence-corrected chi connectivity index (χ0v) is 15.3. The molecule has 8 nitrogen and oxygen atoms in total. The van der Waals surface area contributed by atoms with Gasteiger partial charge in [0.2, 0.25) is 11.0 Å². The van der Waals surface area contributed by atoms with Crippen molar-refractivity contribution in [2.24, 2.45) is 0 Å². The first kappa shape index (κ1) is 17.4. The van der Waals surface area contributed by atoms with E-state index in [0.29, 0.717) is 15.7 Å². The third-order valence-corrected chi connectivity index (χ3v) is 6.18. The summed E-state index contributed by atoms with van der Waals surface area (Å²) in [5.74, 6) is 0.269. The van der Waals surface area contributed by atoms with Gasteiger partial charge in [-0.25, -0.2) is 0 Å². The first-order chi connectivity index (χ1) is 13.0. The number of hydrogen-bond acceptors (Lipinski definition) is 8. The minimum atomic E-state index is -0.460. The number of aromatic hydroxyl groups is 1. The number of amides is 1. The molecule has 1 aliphatic heterocycles. The number of rotatable bonds is 4. The Kier molecular flexibility index (Phi) is 4.50. The number of aromatic nitrogens is 2. The fourth-order valence-electron chi connectivity index (χ4n) is 2.71. The van der Waals surface area contributed by atoms with E-state index >= 15 is 0 Å². The number of thioether (sulfide) groups is 1. The number of hydrogen-bond donors (Lipinski definition) is 1. The molecule has 0 spiro atoms. The molecule has 0 radical (unpaired) electrons. The molecule has 1 saturated heterocycles. The van der Waals surface area contributed by atoms with Crippen molar-refractivity contribution in [3.8, 4) is 16.3 Å². The second-order valence-electron chi connectivity index (χ2n) is 5.68. The van der Waals surface area contributed by atoms with Crippen molar-refractivity contribution in [1.29, 1.82) is 0 Å². The summed E-state index contributed by atoms with van der Waals surface area (Å²) in [6, 6.07) is 12.9.